The Labute approximate surface area is 211 Å². The van der Waals surface area contributed by atoms with E-state index in [0.29, 0.717) is 36.1 Å². The van der Waals surface area contributed by atoms with E-state index in [1.54, 1.807) is 15.4 Å². The Balaban J connectivity index is 1.49. The monoisotopic (exact) mass is 514 g/mol. The number of fused-ring (bicyclic) bond motifs is 3. The number of nitrogens with one attached hydrogen (secondary N) is 2. The van der Waals surface area contributed by atoms with Gasteiger partial charge in [0.2, 0.25) is 5.95 Å². The minimum atomic E-state index is -4.66. The molecule has 0 spiro atoms. The lowest BCUT2D eigenvalue weighted by Crippen LogP contribution is -2.50. The summed E-state index contributed by atoms with van der Waals surface area (Å²) in [5.41, 5.74) is 0.0430. The molecule has 6 rings (SSSR count). The van der Waals surface area contributed by atoms with Gasteiger partial charge in [-0.25, -0.2) is 19.2 Å². The first-order valence-electron chi connectivity index (χ1n) is 12.6. The molecule has 2 aliphatic rings. The van der Waals surface area contributed by atoms with E-state index in [4.69, 9.17) is 4.74 Å². The fraction of sp³-hybridized carbons (Fsp3) is 0.520. The van der Waals surface area contributed by atoms with E-state index in [9.17, 15) is 13.2 Å². The predicted molar refractivity (Wildman–Crippen MR) is 132 cm³/mol. The number of ether oxygens (including phenoxy) is 1. The number of hydrogen-bond donors (Lipinski definition) is 2. The Kier molecular flexibility index (Phi) is 5.83. The van der Waals surface area contributed by atoms with Gasteiger partial charge >= 0.3 is 6.18 Å². The van der Waals surface area contributed by atoms with Gasteiger partial charge in [0.25, 0.3) is 0 Å². The van der Waals surface area contributed by atoms with Gasteiger partial charge in [0, 0.05) is 37.1 Å². The fourth-order valence-corrected chi connectivity index (χ4v) is 5.13. The van der Waals surface area contributed by atoms with Gasteiger partial charge < -0.3 is 15.4 Å². The summed E-state index contributed by atoms with van der Waals surface area (Å²) in [4.78, 5) is 8.45. The van der Waals surface area contributed by atoms with Crippen LogP contribution in [0.2, 0.25) is 0 Å². The number of piperidine rings is 1. The molecule has 2 fully saturated rings. The Morgan fingerprint density at radius 1 is 1.14 bits per heavy atom. The van der Waals surface area contributed by atoms with E-state index >= 15 is 0 Å². The molecule has 9 nitrogen and oxygen atoms in total. The van der Waals surface area contributed by atoms with Crippen LogP contribution in [0.1, 0.15) is 57.7 Å². The lowest BCUT2D eigenvalue weighted by Gasteiger charge is -2.36. The van der Waals surface area contributed by atoms with Crippen LogP contribution in [0.4, 0.5) is 19.1 Å². The van der Waals surface area contributed by atoms with Gasteiger partial charge in [-0.2, -0.15) is 18.3 Å². The molecule has 0 bridgehead atoms. The van der Waals surface area contributed by atoms with Gasteiger partial charge in [0.15, 0.2) is 11.9 Å². The summed E-state index contributed by atoms with van der Waals surface area (Å²) in [6.45, 7) is 5.49. The first kappa shape index (κ1) is 24.1. The number of pyridine rings is 1. The van der Waals surface area contributed by atoms with Crippen LogP contribution in [-0.4, -0.2) is 54.1 Å². The molecule has 0 saturated carbocycles. The molecule has 4 aromatic rings. The third-order valence-electron chi connectivity index (χ3n) is 7.21. The first-order chi connectivity index (χ1) is 17.7. The van der Waals surface area contributed by atoms with Gasteiger partial charge in [-0.1, -0.05) is 6.07 Å². The van der Waals surface area contributed by atoms with Crippen LogP contribution < -0.4 is 10.6 Å². The summed E-state index contributed by atoms with van der Waals surface area (Å²) in [5, 5.41) is 16.5. The van der Waals surface area contributed by atoms with Gasteiger partial charge in [0.05, 0.1) is 10.9 Å². The average molecular weight is 515 g/mol. The number of anilines is 1. The van der Waals surface area contributed by atoms with Crippen molar-refractivity contribution < 1.29 is 17.9 Å². The van der Waals surface area contributed by atoms with Crippen LogP contribution in [0.5, 0.6) is 0 Å². The minimum absolute atomic E-state index is 0.00260. The number of nitrogens with zero attached hydrogens (tertiary/aromatic N) is 6. The van der Waals surface area contributed by atoms with E-state index in [0.717, 1.165) is 31.9 Å². The molecule has 1 unspecified atom stereocenters. The van der Waals surface area contributed by atoms with Crippen molar-refractivity contribution in [3.05, 3.63) is 36.2 Å². The largest absolute Gasteiger partial charge is 0.420 e. The topological polar surface area (TPSA) is 94.2 Å². The zero-order chi connectivity index (χ0) is 25.8. The molecule has 0 radical (unpaired) electrons. The summed E-state index contributed by atoms with van der Waals surface area (Å²) in [6.07, 6.45) is 1.90. The highest BCUT2D eigenvalue weighted by molar-refractivity contribution is 6.03. The van der Waals surface area contributed by atoms with Crippen LogP contribution in [0.3, 0.4) is 0 Å². The van der Waals surface area contributed by atoms with Gasteiger partial charge in [-0.15, -0.1) is 5.10 Å². The first-order valence-corrected chi connectivity index (χ1v) is 12.6. The van der Waals surface area contributed by atoms with Crippen molar-refractivity contribution >= 4 is 22.5 Å². The maximum Gasteiger partial charge on any atom is 0.420 e. The molecule has 12 heteroatoms. The van der Waals surface area contributed by atoms with E-state index < -0.39 is 18.0 Å². The number of rotatable bonds is 4. The third-order valence-corrected chi connectivity index (χ3v) is 7.21. The average Bonchev–Trinajstić information content (AvgIpc) is 3.43. The normalized spacial score (nSPS) is 22.5. The molecular formula is C25H29F3N8O. The Bertz CT molecular complexity index is 1430. The van der Waals surface area contributed by atoms with Crippen LogP contribution in [0.15, 0.2) is 30.6 Å². The lowest BCUT2D eigenvalue weighted by atomic mass is 9.91. The molecule has 37 heavy (non-hydrogen) atoms. The minimum Gasteiger partial charge on any atom is -0.356 e. The summed E-state index contributed by atoms with van der Waals surface area (Å²) in [6, 6.07) is 5.46. The van der Waals surface area contributed by atoms with Gasteiger partial charge in [0.1, 0.15) is 17.0 Å². The Morgan fingerprint density at radius 2 is 2.00 bits per heavy atom. The molecule has 4 aromatic heterocycles. The van der Waals surface area contributed by atoms with Gasteiger partial charge in [-0.3, -0.25) is 0 Å². The summed E-state index contributed by atoms with van der Waals surface area (Å²) in [7, 11) is 0. The summed E-state index contributed by atoms with van der Waals surface area (Å²) in [5.74, 6) is 0.141. The van der Waals surface area contributed by atoms with Crippen molar-refractivity contribution in [2.24, 2.45) is 0 Å². The van der Waals surface area contributed by atoms with Crippen LogP contribution in [-0.2, 0) is 10.9 Å². The van der Waals surface area contributed by atoms with Crippen LogP contribution >= 0.6 is 0 Å². The predicted octanol–water partition coefficient (Wildman–Crippen LogP) is 4.80. The van der Waals surface area contributed by atoms with E-state index in [1.165, 1.54) is 0 Å². The standard InChI is InChI=1S/C25H29F3N8O/c1-24(2)10-9-15(13-30-24)31-23-29-14-16(25(26,27)28)20(32-23)21-19-17-7-3-5-11-35(17)34-22(19)36(33-21)18-8-4-6-12-37-18/h3,5,7,11,14-15,18,30H,4,6,8-10,12-13H2,1-2H3,(H,29,31,32)/t15-,18?/m0/s1. The molecule has 6 heterocycles. The molecular weight excluding hydrogens is 485 g/mol. The van der Waals surface area contributed by atoms with E-state index in [2.05, 4.69) is 44.6 Å². The molecule has 0 aliphatic carbocycles. The van der Waals surface area contributed by atoms with Crippen molar-refractivity contribution in [3.63, 3.8) is 0 Å². The maximum atomic E-state index is 14.2. The molecule has 2 atom stereocenters. The SMILES string of the molecule is CC1(C)CC[C@H](Nc2ncc(C(F)(F)F)c(-c3nn(C4CCCCO4)c4nn5ccccc5c34)n2)CN1. The van der Waals surface area contributed by atoms with Crippen molar-refractivity contribution in [1.82, 2.24) is 34.7 Å². The smallest absolute Gasteiger partial charge is 0.356 e. The zero-order valence-corrected chi connectivity index (χ0v) is 20.7. The zero-order valence-electron chi connectivity index (χ0n) is 20.7. The number of aromatic nitrogens is 6. The highest BCUT2D eigenvalue weighted by Gasteiger charge is 2.38. The highest BCUT2D eigenvalue weighted by atomic mass is 19.4. The number of alkyl halides is 3. The molecule has 196 valence electrons. The van der Waals surface area contributed by atoms with E-state index in [-0.39, 0.29) is 28.9 Å². The van der Waals surface area contributed by atoms with Crippen molar-refractivity contribution in [3.8, 4) is 11.4 Å². The van der Waals surface area contributed by atoms with Gasteiger partial charge in [-0.05, 0) is 58.1 Å². The number of hydrogen-bond acceptors (Lipinski definition) is 7. The molecule has 2 aliphatic heterocycles. The second-order valence-electron chi connectivity index (χ2n) is 10.4. The maximum absolute atomic E-state index is 14.2. The van der Waals surface area contributed by atoms with Crippen molar-refractivity contribution in [2.45, 2.75) is 69.9 Å². The van der Waals surface area contributed by atoms with Crippen LogP contribution in [0, 0.1) is 0 Å². The summed E-state index contributed by atoms with van der Waals surface area (Å²) < 4.78 is 51.9. The second kappa shape index (κ2) is 8.95. The van der Waals surface area contributed by atoms with Crippen LogP contribution in [0.25, 0.3) is 27.9 Å². The Morgan fingerprint density at radius 3 is 2.73 bits per heavy atom. The fourth-order valence-electron chi connectivity index (χ4n) is 5.13. The molecule has 2 saturated heterocycles. The van der Waals surface area contributed by atoms with E-state index in [1.807, 2.05) is 18.2 Å². The molecule has 0 aromatic carbocycles. The summed E-state index contributed by atoms with van der Waals surface area (Å²) >= 11 is 0. The van der Waals surface area contributed by atoms with Crippen molar-refractivity contribution in [1.29, 1.82) is 0 Å². The third kappa shape index (κ3) is 4.52. The lowest BCUT2D eigenvalue weighted by molar-refractivity contribution is -0.137. The Hall–Kier alpha value is -3.25. The quantitative estimate of drug-likeness (QED) is 0.404. The molecule has 0 amide bonds. The second-order valence-corrected chi connectivity index (χ2v) is 10.4. The van der Waals surface area contributed by atoms with Crippen molar-refractivity contribution in [2.75, 3.05) is 18.5 Å². The molecule has 2 N–H and O–H groups in total. The number of halogens is 3. The highest BCUT2D eigenvalue weighted by Crippen LogP contribution is 2.40.